The summed E-state index contributed by atoms with van der Waals surface area (Å²) in [5.41, 5.74) is 1.58. The van der Waals surface area contributed by atoms with Gasteiger partial charge in [-0.3, -0.25) is 9.69 Å². The van der Waals surface area contributed by atoms with E-state index < -0.39 is 5.60 Å². The first-order chi connectivity index (χ1) is 19.2. The van der Waals surface area contributed by atoms with Crippen molar-refractivity contribution < 1.29 is 19.4 Å². The number of ether oxygens (including phenoxy) is 1. The highest BCUT2D eigenvalue weighted by Gasteiger charge is 2.50. The van der Waals surface area contributed by atoms with Crippen LogP contribution in [0.3, 0.4) is 0 Å². The summed E-state index contributed by atoms with van der Waals surface area (Å²) in [7, 11) is 0. The largest absolute Gasteiger partial charge is 0.444 e. The lowest BCUT2D eigenvalue weighted by atomic mass is 9.54. The smallest absolute Gasteiger partial charge is 0.410 e. The Labute approximate surface area is 238 Å². The van der Waals surface area contributed by atoms with Crippen LogP contribution in [0, 0.1) is 23.7 Å². The normalized spacial score (nSPS) is 29.9. The number of carbonyl (C=O) groups is 2. The van der Waals surface area contributed by atoms with Crippen molar-refractivity contribution in [1.29, 1.82) is 0 Å². The molecular weight excluding hydrogens is 508 g/mol. The Hall–Kier alpha value is -2.46. The zero-order valence-corrected chi connectivity index (χ0v) is 24.4. The van der Waals surface area contributed by atoms with E-state index in [9.17, 15) is 14.7 Å². The van der Waals surface area contributed by atoms with Crippen molar-refractivity contribution in [2.75, 3.05) is 57.3 Å². The maximum atomic E-state index is 13.3. The molecule has 220 valence electrons. The van der Waals surface area contributed by atoms with Gasteiger partial charge in [0.2, 0.25) is 5.91 Å². The van der Waals surface area contributed by atoms with E-state index in [4.69, 9.17) is 9.72 Å². The SMILES string of the molecule is CC(C)(C)OC(=O)N1CCN(CC(=O)N2CCc3c(ncnc3N(CCO)C3C4CC5CC(C4)CC3C5)C2)CC1. The maximum Gasteiger partial charge on any atom is 0.410 e. The number of amides is 2. The molecule has 6 aliphatic rings. The Morgan fingerprint density at radius 2 is 1.65 bits per heavy atom. The second kappa shape index (κ2) is 11.1. The Balaban J connectivity index is 1.09. The van der Waals surface area contributed by atoms with Crippen molar-refractivity contribution in [1.82, 2.24) is 24.7 Å². The predicted octanol–water partition coefficient (Wildman–Crippen LogP) is 2.54. The van der Waals surface area contributed by atoms with Crippen molar-refractivity contribution in [3.05, 3.63) is 17.6 Å². The summed E-state index contributed by atoms with van der Waals surface area (Å²) in [4.78, 5) is 43.3. The van der Waals surface area contributed by atoms with Crippen LogP contribution < -0.4 is 4.90 Å². The van der Waals surface area contributed by atoms with Gasteiger partial charge >= 0.3 is 6.09 Å². The molecule has 1 aromatic heterocycles. The number of aliphatic hydroxyl groups excluding tert-OH is 1. The molecule has 0 radical (unpaired) electrons. The van der Waals surface area contributed by atoms with Crippen molar-refractivity contribution in [2.24, 2.45) is 23.7 Å². The highest BCUT2D eigenvalue weighted by Crippen LogP contribution is 2.55. The predicted molar refractivity (Wildman–Crippen MR) is 151 cm³/mol. The number of aliphatic hydroxyl groups is 1. The molecule has 40 heavy (non-hydrogen) atoms. The molecular formula is C30H46N6O4. The monoisotopic (exact) mass is 554 g/mol. The van der Waals surface area contributed by atoms with Crippen molar-refractivity contribution >= 4 is 17.8 Å². The summed E-state index contributed by atoms with van der Waals surface area (Å²) in [5.74, 6) is 4.28. The van der Waals surface area contributed by atoms with E-state index in [-0.39, 0.29) is 18.6 Å². The van der Waals surface area contributed by atoms with Crippen LogP contribution in [0.15, 0.2) is 6.33 Å². The van der Waals surface area contributed by atoms with Crippen LogP contribution in [0.25, 0.3) is 0 Å². The zero-order valence-electron chi connectivity index (χ0n) is 24.4. The second-order valence-electron chi connectivity index (χ2n) is 13.8. The number of hydrogen-bond acceptors (Lipinski definition) is 8. The first-order valence-electron chi connectivity index (χ1n) is 15.4. The molecule has 2 aliphatic heterocycles. The maximum absolute atomic E-state index is 13.3. The third kappa shape index (κ3) is 5.66. The molecule has 3 heterocycles. The number of rotatable bonds is 6. The fraction of sp³-hybridized carbons (Fsp3) is 0.800. The van der Waals surface area contributed by atoms with E-state index in [1.165, 1.54) is 32.1 Å². The number of hydrogen-bond donors (Lipinski definition) is 1. The van der Waals surface area contributed by atoms with Gasteiger partial charge in [0, 0.05) is 50.9 Å². The van der Waals surface area contributed by atoms with E-state index in [2.05, 4.69) is 14.8 Å². The Morgan fingerprint density at radius 1 is 0.975 bits per heavy atom. The lowest BCUT2D eigenvalue weighted by molar-refractivity contribution is -0.133. The summed E-state index contributed by atoms with van der Waals surface area (Å²) in [6.45, 7) is 10.3. The van der Waals surface area contributed by atoms with Gasteiger partial charge in [0.1, 0.15) is 17.7 Å². The molecule has 5 fully saturated rings. The van der Waals surface area contributed by atoms with E-state index >= 15 is 0 Å². The van der Waals surface area contributed by atoms with Crippen LogP contribution in [0.1, 0.15) is 64.1 Å². The Morgan fingerprint density at radius 3 is 2.27 bits per heavy atom. The van der Waals surface area contributed by atoms with Crippen LogP contribution in [-0.2, 0) is 22.5 Å². The molecule has 10 nitrogen and oxygen atoms in total. The van der Waals surface area contributed by atoms with E-state index in [0.29, 0.717) is 70.2 Å². The van der Waals surface area contributed by atoms with Crippen molar-refractivity contribution in [3.63, 3.8) is 0 Å². The molecule has 4 aliphatic carbocycles. The van der Waals surface area contributed by atoms with Gasteiger partial charge in [-0.05, 0) is 83.0 Å². The number of nitrogens with zero attached hydrogens (tertiary/aromatic N) is 6. The average Bonchev–Trinajstić information content (AvgIpc) is 2.91. The highest BCUT2D eigenvalue weighted by atomic mass is 16.6. The number of carbonyl (C=O) groups excluding carboxylic acids is 2. The molecule has 7 rings (SSSR count). The molecule has 0 aromatic carbocycles. The van der Waals surface area contributed by atoms with Crippen LogP contribution in [0.5, 0.6) is 0 Å². The second-order valence-corrected chi connectivity index (χ2v) is 13.8. The van der Waals surface area contributed by atoms with E-state index in [1.54, 1.807) is 11.2 Å². The molecule has 1 N–H and O–H groups in total. The Kier molecular flexibility index (Phi) is 7.67. The van der Waals surface area contributed by atoms with Gasteiger partial charge in [-0.15, -0.1) is 0 Å². The average molecular weight is 555 g/mol. The first kappa shape index (κ1) is 27.7. The van der Waals surface area contributed by atoms with Gasteiger partial charge in [0.15, 0.2) is 0 Å². The van der Waals surface area contributed by atoms with Gasteiger partial charge in [-0.2, -0.15) is 0 Å². The van der Waals surface area contributed by atoms with Gasteiger partial charge in [0.25, 0.3) is 0 Å². The molecule has 10 heteroatoms. The Bertz CT molecular complexity index is 1070. The summed E-state index contributed by atoms with van der Waals surface area (Å²) >= 11 is 0. The number of anilines is 1. The molecule has 2 amide bonds. The lowest BCUT2D eigenvalue weighted by Crippen LogP contribution is -2.57. The standard InChI is InChI=1S/C30H46N6O4/c1-30(2,3)40-29(39)34-8-6-33(7-9-34)18-26(38)35-5-4-24-25(17-35)31-19-32-28(24)36(10-11-37)27-22-13-20-12-21(15-22)16-23(27)14-20/h19-23,27,37H,4-18H2,1-3H3. The van der Waals surface area contributed by atoms with Crippen molar-refractivity contribution in [2.45, 2.75) is 77.5 Å². The summed E-state index contributed by atoms with van der Waals surface area (Å²) in [6, 6.07) is 0.456. The molecule has 1 aromatic rings. The molecule has 0 unspecified atom stereocenters. The fourth-order valence-corrected chi connectivity index (χ4v) is 8.41. The zero-order chi connectivity index (χ0) is 28.0. The first-order valence-corrected chi connectivity index (χ1v) is 15.4. The molecule has 4 saturated carbocycles. The summed E-state index contributed by atoms with van der Waals surface area (Å²) < 4.78 is 5.49. The molecule has 4 bridgehead atoms. The summed E-state index contributed by atoms with van der Waals surface area (Å²) in [5, 5.41) is 10.1. The third-order valence-corrected chi connectivity index (χ3v) is 9.87. The molecule has 0 atom stereocenters. The number of piperazine rings is 1. The van der Waals surface area contributed by atoms with Crippen LogP contribution >= 0.6 is 0 Å². The fourth-order valence-electron chi connectivity index (χ4n) is 8.41. The molecule has 0 spiro atoms. The number of fused-ring (bicyclic) bond motifs is 1. The quantitative estimate of drug-likeness (QED) is 0.573. The number of aromatic nitrogens is 2. The summed E-state index contributed by atoms with van der Waals surface area (Å²) in [6.07, 6.45) is 8.80. The van der Waals surface area contributed by atoms with Crippen LogP contribution in [0.4, 0.5) is 10.6 Å². The van der Waals surface area contributed by atoms with Crippen LogP contribution in [-0.4, -0.2) is 106 Å². The van der Waals surface area contributed by atoms with Crippen LogP contribution in [0.2, 0.25) is 0 Å². The molecule has 1 saturated heterocycles. The minimum atomic E-state index is -0.511. The lowest BCUT2D eigenvalue weighted by Gasteiger charge is -2.57. The van der Waals surface area contributed by atoms with Crippen molar-refractivity contribution in [3.8, 4) is 0 Å². The minimum Gasteiger partial charge on any atom is -0.444 e. The third-order valence-electron chi connectivity index (χ3n) is 9.87. The van der Waals surface area contributed by atoms with Gasteiger partial charge in [-0.25, -0.2) is 14.8 Å². The van der Waals surface area contributed by atoms with E-state index in [0.717, 1.165) is 35.3 Å². The van der Waals surface area contributed by atoms with Gasteiger partial charge < -0.3 is 24.5 Å². The highest BCUT2D eigenvalue weighted by molar-refractivity contribution is 5.78. The van der Waals surface area contributed by atoms with E-state index in [1.807, 2.05) is 25.7 Å². The minimum absolute atomic E-state index is 0.102. The van der Waals surface area contributed by atoms with Gasteiger partial charge in [-0.1, -0.05) is 0 Å². The van der Waals surface area contributed by atoms with Gasteiger partial charge in [0.05, 0.1) is 25.4 Å². The topological polar surface area (TPSA) is 102 Å².